The number of nitrogens with one attached hydrogen (secondary N) is 1. The molecule has 1 N–H and O–H groups in total. The molecule has 102 valence electrons. The standard InChI is InChI=1S/C15H16N4O/c1-16-15-18(2)13(14(20)19(15)3)8-10-9-17-12-7-5-4-6-11(10)12/h4-9,17H,1-3H3/b13-8+,16-15-. The fraction of sp³-hybridized carbons (Fsp3) is 0.200. The molecule has 0 radical (unpaired) electrons. The van der Waals surface area contributed by atoms with Crippen LogP contribution in [0.1, 0.15) is 5.56 Å². The van der Waals surface area contributed by atoms with Gasteiger partial charge in [0.2, 0.25) is 5.96 Å². The summed E-state index contributed by atoms with van der Waals surface area (Å²) in [6.45, 7) is 0. The van der Waals surface area contributed by atoms with Gasteiger partial charge in [0.05, 0.1) is 0 Å². The number of benzene rings is 1. The van der Waals surface area contributed by atoms with E-state index in [-0.39, 0.29) is 5.91 Å². The summed E-state index contributed by atoms with van der Waals surface area (Å²) in [5, 5.41) is 1.10. The molecule has 2 heterocycles. The Kier molecular flexibility index (Phi) is 2.82. The Morgan fingerprint density at radius 1 is 1.20 bits per heavy atom. The average molecular weight is 268 g/mol. The van der Waals surface area contributed by atoms with E-state index in [1.54, 1.807) is 19.0 Å². The lowest BCUT2D eigenvalue weighted by molar-refractivity contribution is -0.121. The van der Waals surface area contributed by atoms with E-state index in [2.05, 4.69) is 9.98 Å². The predicted octanol–water partition coefficient (Wildman–Crippen LogP) is 1.90. The van der Waals surface area contributed by atoms with Gasteiger partial charge in [0, 0.05) is 43.8 Å². The predicted molar refractivity (Wildman–Crippen MR) is 80.2 cm³/mol. The van der Waals surface area contributed by atoms with Gasteiger partial charge < -0.3 is 9.88 Å². The zero-order valence-corrected chi connectivity index (χ0v) is 11.7. The minimum Gasteiger partial charge on any atom is -0.361 e. The Morgan fingerprint density at radius 2 is 1.95 bits per heavy atom. The maximum atomic E-state index is 12.3. The van der Waals surface area contributed by atoms with E-state index in [4.69, 9.17) is 0 Å². The summed E-state index contributed by atoms with van der Waals surface area (Å²) >= 11 is 0. The van der Waals surface area contributed by atoms with Gasteiger partial charge >= 0.3 is 0 Å². The molecule has 5 heteroatoms. The largest absolute Gasteiger partial charge is 0.361 e. The summed E-state index contributed by atoms with van der Waals surface area (Å²) in [6.07, 6.45) is 3.82. The van der Waals surface area contributed by atoms with Gasteiger partial charge in [0.1, 0.15) is 5.70 Å². The number of aromatic amines is 1. The van der Waals surface area contributed by atoms with E-state index >= 15 is 0 Å². The van der Waals surface area contributed by atoms with Crippen molar-refractivity contribution in [3.8, 4) is 0 Å². The van der Waals surface area contributed by atoms with Gasteiger partial charge in [0.15, 0.2) is 0 Å². The van der Waals surface area contributed by atoms with E-state index in [1.165, 1.54) is 0 Å². The van der Waals surface area contributed by atoms with Crippen LogP contribution >= 0.6 is 0 Å². The van der Waals surface area contributed by atoms with Crippen LogP contribution in [0.15, 0.2) is 41.2 Å². The topological polar surface area (TPSA) is 51.7 Å². The van der Waals surface area contributed by atoms with Crippen molar-refractivity contribution in [3.63, 3.8) is 0 Å². The number of nitrogens with zero attached hydrogens (tertiary/aromatic N) is 3. The lowest BCUT2D eigenvalue weighted by Gasteiger charge is -2.12. The molecule has 20 heavy (non-hydrogen) atoms. The van der Waals surface area contributed by atoms with E-state index in [1.807, 2.05) is 48.5 Å². The first kappa shape index (κ1) is 12.5. The highest BCUT2D eigenvalue weighted by molar-refractivity contribution is 6.15. The molecule has 1 aromatic heterocycles. The third kappa shape index (κ3) is 1.71. The van der Waals surface area contributed by atoms with Crippen molar-refractivity contribution < 1.29 is 4.79 Å². The second-order valence-corrected chi connectivity index (χ2v) is 4.77. The SMILES string of the molecule is C/N=C1\N(C)C(=O)/C(=C\c2c[nH]c3ccccc23)N1C. The molecule has 0 bridgehead atoms. The third-order valence-electron chi connectivity index (χ3n) is 3.60. The van der Waals surface area contributed by atoms with Crippen molar-refractivity contribution in [1.82, 2.24) is 14.8 Å². The number of amides is 1. The quantitative estimate of drug-likeness (QED) is 0.803. The van der Waals surface area contributed by atoms with Crippen molar-refractivity contribution in [2.24, 2.45) is 4.99 Å². The van der Waals surface area contributed by atoms with Crippen molar-refractivity contribution in [3.05, 3.63) is 41.7 Å². The number of aromatic nitrogens is 1. The first-order valence-corrected chi connectivity index (χ1v) is 6.40. The molecule has 1 aliphatic heterocycles. The van der Waals surface area contributed by atoms with Gasteiger partial charge in [0.25, 0.3) is 5.91 Å². The van der Waals surface area contributed by atoms with E-state index in [9.17, 15) is 4.79 Å². The van der Waals surface area contributed by atoms with Crippen molar-refractivity contribution in [1.29, 1.82) is 0 Å². The molecule has 0 aliphatic carbocycles. The summed E-state index contributed by atoms with van der Waals surface area (Å²) in [7, 11) is 5.27. The smallest absolute Gasteiger partial charge is 0.277 e. The normalized spacial score (nSPS) is 19.9. The highest BCUT2D eigenvalue weighted by Crippen LogP contribution is 2.24. The average Bonchev–Trinajstić information content (AvgIpc) is 2.95. The van der Waals surface area contributed by atoms with E-state index in [0.29, 0.717) is 11.7 Å². The minimum absolute atomic E-state index is 0.0432. The van der Waals surface area contributed by atoms with Gasteiger partial charge in [-0.2, -0.15) is 0 Å². The molecule has 0 saturated carbocycles. The molecule has 3 rings (SSSR count). The van der Waals surface area contributed by atoms with Crippen LogP contribution in [-0.4, -0.2) is 47.8 Å². The Hall–Kier alpha value is -2.56. The molecule has 1 fully saturated rings. The van der Waals surface area contributed by atoms with Crippen LogP contribution in [0.25, 0.3) is 17.0 Å². The van der Waals surface area contributed by atoms with Crippen molar-refractivity contribution >= 4 is 28.8 Å². The Balaban J connectivity index is 2.11. The van der Waals surface area contributed by atoms with E-state index < -0.39 is 0 Å². The summed E-state index contributed by atoms with van der Waals surface area (Å²) < 4.78 is 0. The summed E-state index contributed by atoms with van der Waals surface area (Å²) in [5.41, 5.74) is 2.68. The molecule has 0 spiro atoms. The fourth-order valence-electron chi connectivity index (χ4n) is 2.56. The van der Waals surface area contributed by atoms with Crippen molar-refractivity contribution in [2.45, 2.75) is 0 Å². The number of para-hydroxylation sites is 1. The number of likely N-dealkylation sites (N-methyl/N-ethyl adjacent to an activating group) is 2. The molecule has 1 saturated heterocycles. The van der Waals surface area contributed by atoms with Gasteiger partial charge in [-0.15, -0.1) is 0 Å². The number of fused-ring (bicyclic) bond motifs is 1. The Morgan fingerprint density at radius 3 is 2.65 bits per heavy atom. The molecular weight excluding hydrogens is 252 g/mol. The van der Waals surface area contributed by atoms with Crippen LogP contribution in [0.2, 0.25) is 0 Å². The highest BCUT2D eigenvalue weighted by atomic mass is 16.2. The molecule has 2 aromatic rings. The summed E-state index contributed by atoms with van der Waals surface area (Å²) in [4.78, 5) is 23.0. The molecule has 0 atom stereocenters. The second-order valence-electron chi connectivity index (χ2n) is 4.77. The third-order valence-corrected chi connectivity index (χ3v) is 3.60. The first-order valence-electron chi connectivity index (χ1n) is 6.40. The number of aliphatic imine (C=N–C) groups is 1. The lowest BCUT2D eigenvalue weighted by Crippen LogP contribution is -2.29. The number of hydrogen-bond acceptors (Lipinski definition) is 2. The number of rotatable bonds is 1. The van der Waals surface area contributed by atoms with Crippen LogP contribution in [0.4, 0.5) is 0 Å². The van der Waals surface area contributed by atoms with Crippen LogP contribution in [0.5, 0.6) is 0 Å². The first-order chi connectivity index (χ1) is 9.63. The van der Waals surface area contributed by atoms with Crippen LogP contribution in [0.3, 0.4) is 0 Å². The van der Waals surface area contributed by atoms with Crippen molar-refractivity contribution in [2.75, 3.05) is 21.1 Å². The Bertz CT molecular complexity index is 741. The number of carbonyl (C=O) groups is 1. The fourth-order valence-corrected chi connectivity index (χ4v) is 2.56. The lowest BCUT2D eigenvalue weighted by atomic mass is 10.1. The molecule has 1 amide bonds. The highest BCUT2D eigenvalue weighted by Gasteiger charge is 2.33. The van der Waals surface area contributed by atoms with Crippen LogP contribution in [0, 0.1) is 0 Å². The number of H-pyrrole nitrogens is 1. The second kappa shape index (κ2) is 4.52. The molecule has 1 aromatic carbocycles. The van der Waals surface area contributed by atoms with Gasteiger partial charge in [-0.3, -0.25) is 14.7 Å². The van der Waals surface area contributed by atoms with Crippen LogP contribution in [-0.2, 0) is 4.79 Å². The van der Waals surface area contributed by atoms with E-state index in [0.717, 1.165) is 16.5 Å². The molecule has 5 nitrogen and oxygen atoms in total. The molecule has 0 unspecified atom stereocenters. The monoisotopic (exact) mass is 268 g/mol. The number of carbonyl (C=O) groups excluding carboxylic acids is 1. The van der Waals surface area contributed by atoms with Gasteiger partial charge in [-0.1, -0.05) is 18.2 Å². The van der Waals surface area contributed by atoms with Gasteiger partial charge in [-0.05, 0) is 12.1 Å². The maximum Gasteiger partial charge on any atom is 0.277 e. The summed E-state index contributed by atoms with van der Waals surface area (Å²) in [5.74, 6) is 0.611. The van der Waals surface area contributed by atoms with Gasteiger partial charge in [-0.25, -0.2) is 0 Å². The number of hydrogen-bond donors (Lipinski definition) is 1. The number of guanidine groups is 1. The van der Waals surface area contributed by atoms with Crippen LogP contribution < -0.4 is 0 Å². The molecule has 1 aliphatic rings. The maximum absolute atomic E-state index is 12.3. The molecular formula is C15H16N4O. The zero-order chi connectivity index (χ0) is 14.3. The Labute approximate surface area is 117 Å². The summed E-state index contributed by atoms with van der Waals surface area (Å²) in [6, 6.07) is 8.03. The minimum atomic E-state index is -0.0432. The zero-order valence-electron chi connectivity index (χ0n) is 11.7.